The molecule has 0 unspecified atom stereocenters. The van der Waals surface area contributed by atoms with Crippen molar-refractivity contribution < 1.29 is 4.74 Å². The fourth-order valence-corrected chi connectivity index (χ4v) is 2.19. The molecule has 1 N–H and O–H groups in total. The van der Waals surface area contributed by atoms with Crippen LogP contribution >= 0.6 is 0 Å². The van der Waals surface area contributed by atoms with Crippen LogP contribution in [0, 0.1) is 6.92 Å². The minimum atomic E-state index is 0.282. The van der Waals surface area contributed by atoms with Crippen molar-refractivity contribution >= 4 is 0 Å². The SMILES string of the molecule is CNCc1cccc(C)c1OCc1ncnn1C(C)C. The molecule has 0 saturated heterocycles. The number of para-hydroxylation sites is 1. The van der Waals surface area contributed by atoms with Gasteiger partial charge in [-0.15, -0.1) is 0 Å². The van der Waals surface area contributed by atoms with Crippen LogP contribution in [0.15, 0.2) is 24.5 Å². The van der Waals surface area contributed by atoms with Crippen molar-refractivity contribution in [2.45, 2.75) is 40.0 Å². The molecule has 0 spiro atoms. The Morgan fingerprint density at radius 2 is 2.15 bits per heavy atom. The summed E-state index contributed by atoms with van der Waals surface area (Å²) in [5, 5.41) is 7.38. The van der Waals surface area contributed by atoms with Crippen LogP contribution in [-0.2, 0) is 13.2 Å². The van der Waals surface area contributed by atoms with Gasteiger partial charge in [-0.05, 0) is 33.4 Å². The zero-order chi connectivity index (χ0) is 14.5. The Morgan fingerprint density at radius 1 is 1.35 bits per heavy atom. The van der Waals surface area contributed by atoms with Gasteiger partial charge >= 0.3 is 0 Å². The molecule has 0 fully saturated rings. The van der Waals surface area contributed by atoms with Crippen LogP contribution in [0.5, 0.6) is 5.75 Å². The molecule has 0 amide bonds. The molecule has 0 atom stereocenters. The Balaban J connectivity index is 2.16. The predicted octanol–water partition coefficient (Wildman–Crippen LogP) is 2.47. The van der Waals surface area contributed by atoms with Crippen LogP contribution in [0.3, 0.4) is 0 Å². The van der Waals surface area contributed by atoms with E-state index in [1.54, 1.807) is 6.33 Å². The molecular formula is C15H22N4O. The summed E-state index contributed by atoms with van der Waals surface area (Å²) >= 11 is 0. The summed E-state index contributed by atoms with van der Waals surface area (Å²) < 4.78 is 7.88. The Hall–Kier alpha value is -1.88. The second kappa shape index (κ2) is 6.52. The molecule has 1 aromatic carbocycles. The molecule has 0 saturated carbocycles. The van der Waals surface area contributed by atoms with Gasteiger partial charge in [-0.25, -0.2) is 9.67 Å². The molecule has 5 nitrogen and oxygen atoms in total. The molecule has 108 valence electrons. The molecule has 1 aromatic heterocycles. The number of ether oxygens (including phenoxy) is 1. The Bertz CT molecular complexity index is 563. The number of nitrogens with one attached hydrogen (secondary N) is 1. The normalized spacial score (nSPS) is 11.1. The average Bonchev–Trinajstić information content (AvgIpc) is 2.87. The summed E-state index contributed by atoms with van der Waals surface area (Å²) in [4.78, 5) is 4.27. The minimum absolute atomic E-state index is 0.282. The van der Waals surface area contributed by atoms with Gasteiger partial charge in [0.05, 0.1) is 0 Å². The number of aromatic nitrogens is 3. The number of rotatable bonds is 6. The maximum Gasteiger partial charge on any atom is 0.165 e. The lowest BCUT2D eigenvalue weighted by Crippen LogP contribution is -2.12. The zero-order valence-corrected chi connectivity index (χ0v) is 12.6. The second-order valence-corrected chi connectivity index (χ2v) is 5.10. The van der Waals surface area contributed by atoms with Crippen LogP contribution in [0.2, 0.25) is 0 Å². The van der Waals surface area contributed by atoms with E-state index in [0.29, 0.717) is 6.61 Å². The summed E-state index contributed by atoms with van der Waals surface area (Å²) in [6.45, 7) is 7.44. The van der Waals surface area contributed by atoms with Gasteiger partial charge in [-0.2, -0.15) is 5.10 Å². The minimum Gasteiger partial charge on any atom is -0.485 e. The number of hydrogen-bond donors (Lipinski definition) is 1. The fourth-order valence-electron chi connectivity index (χ4n) is 2.19. The first kappa shape index (κ1) is 14.5. The van der Waals surface area contributed by atoms with E-state index in [4.69, 9.17) is 4.74 Å². The smallest absolute Gasteiger partial charge is 0.165 e. The van der Waals surface area contributed by atoms with E-state index in [9.17, 15) is 0 Å². The van der Waals surface area contributed by atoms with Crippen molar-refractivity contribution in [1.29, 1.82) is 0 Å². The van der Waals surface area contributed by atoms with E-state index in [-0.39, 0.29) is 6.04 Å². The van der Waals surface area contributed by atoms with Crippen LogP contribution in [0.4, 0.5) is 0 Å². The van der Waals surface area contributed by atoms with E-state index in [1.165, 1.54) is 0 Å². The standard InChI is InChI=1S/C15H22N4O/c1-11(2)19-14(17-10-18-19)9-20-15-12(3)6-5-7-13(15)8-16-4/h5-7,10-11,16H,8-9H2,1-4H3. The third-order valence-corrected chi connectivity index (χ3v) is 3.14. The second-order valence-electron chi connectivity index (χ2n) is 5.10. The van der Waals surface area contributed by atoms with Gasteiger partial charge in [0.2, 0.25) is 0 Å². The summed E-state index contributed by atoms with van der Waals surface area (Å²) in [5.41, 5.74) is 2.29. The molecule has 0 bridgehead atoms. The van der Waals surface area contributed by atoms with Crippen LogP contribution in [0.25, 0.3) is 0 Å². The lowest BCUT2D eigenvalue weighted by Gasteiger charge is -2.15. The highest BCUT2D eigenvalue weighted by atomic mass is 16.5. The first-order valence-electron chi connectivity index (χ1n) is 6.87. The van der Waals surface area contributed by atoms with Crippen molar-refractivity contribution in [3.05, 3.63) is 41.5 Å². The maximum atomic E-state index is 5.99. The number of aryl methyl sites for hydroxylation is 1. The van der Waals surface area contributed by atoms with Gasteiger partial charge in [0, 0.05) is 18.2 Å². The lowest BCUT2D eigenvalue weighted by molar-refractivity contribution is 0.277. The molecule has 1 heterocycles. The first-order valence-corrected chi connectivity index (χ1v) is 6.87. The van der Waals surface area contributed by atoms with Gasteiger partial charge < -0.3 is 10.1 Å². The largest absolute Gasteiger partial charge is 0.485 e. The van der Waals surface area contributed by atoms with Crippen molar-refractivity contribution in [3.8, 4) is 5.75 Å². The highest BCUT2D eigenvalue weighted by Gasteiger charge is 2.11. The van der Waals surface area contributed by atoms with Crippen LogP contribution < -0.4 is 10.1 Å². The number of benzene rings is 1. The molecule has 20 heavy (non-hydrogen) atoms. The molecule has 2 rings (SSSR count). The van der Waals surface area contributed by atoms with Crippen LogP contribution in [-0.4, -0.2) is 21.8 Å². The third-order valence-electron chi connectivity index (χ3n) is 3.14. The quantitative estimate of drug-likeness (QED) is 0.879. The Morgan fingerprint density at radius 3 is 2.85 bits per heavy atom. The average molecular weight is 274 g/mol. The number of nitrogens with zero attached hydrogens (tertiary/aromatic N) is 3. The van der Waals surface area contributed by atoms with E-state index < -0.39 is 0 Å². The lowest BCUT2D eigenvalue weighted by atomic mass is 10.1. The Labute approximate surface area is 120 Å². The molecule has 0 radical (unpaired) electrons. The molecule has 5 heteroatoms. The van der Waals surface area contributed by atoms with Crippen LogP contribution in [0.1, 0.15) is 36.8 Å². The van der Waals surface area contributed by atoms with Crippen molar-refractivity contribution in [2.24, 2.45) is 0 Å². The summed E-state index contributed by atoms with van der Waals surface area (Å²) in [6.07, 6.45) is 1.57. The first-order chi connectivity index (χ1) is 9.63. The fraction of sp³-hybridized carbons (Fsp3) is 0.467. The van der Waals surface area contributed by atoms with Crippen molar-refractivity contribution in [2.75, 3.05) is 7.05 Å². The van der Waals surface area contributed by atoms with Gasteiger partial charge in [-0.1, -0.05) is 18.2 Å². The summed E-state index contributed by atoms with van der Waals surface area (Å²) in [5.74, 6) is 1.78. The van der Waals surface area contributed by atoms with E-state index in [0.717, 1.165) is 29.2 Å². The van der Waals surface area contributed by atoms with E-state index >= 15 is 0 Å². The highest BCUT2D eigenvalue weighted by Crippen LogP contribution is 2.24. The van der Waals surface area contributed by atoms with Gasteiger partial charge in [0.1, 0.15) is 18.7 Å². The highest BCUT2D eigenvalue weighted by molar-refractivity contribution is 5.40. The van der Waals surface area contributed by atoms with E-state index in [1.807, 2.05) is 17.8 Å². The maximum absolute atomic E-state index is 5.99. The third kappa shape index (κ3) is 3.17. The summed E-state index contributed by atoms with van der Waals surface area (Å²) in [6, 6.07) is 6.46. The monoisotopic (exact) mass is 274 g/mol. The molecule has 0 aliphatic carbocycles. The summed E-state index contributed by atoms with van der Waals surface area (Å²) in [7, 11) is 1.93. The molecule has 0 aliphatic rings. The van der Waals surface area contributed by atoms with Crippen molar-refractivity contribution in [1.82, 2.24) is 20.1 Å². The zero-order valence-electron chi connectivity index (χ0n) is 12.6. The Kier molecular flexibility index (Phi) is 4.74. The van der Waals surface area contributed by atoms with Crippen molar-refractivity contribution in [3.63, 3.8) is 0 Å². The van der Waals surface area contributed by atoms with E-state index in [2.05, 4.69) is 48.3 Å². The topological polar surface area (TPSA) is 52.0 Å². The van der Waals surface area contributed by atoms with Gasteiger partial charge in [-0.3, -0.25) is 0 Å². The number of hydrogen-bond acceptors (Lipinski definition) is 4. The van der Waals surface area contributed by atoms with Gasteiger partial charge in [0.15, 0.2) is 5.82 Å². The van der Waals surface area contributed by atoms with Gasteiger partial charge in [0.25, 0.3) is 0 Å². The molecule has 0 aliphatic heterocycles. The molecular weight excluding hydrogens is 252 g/mol. The molecule has 2 aromatic rings. The predicted molar refractivity (Wildman–Crippen MR) is 78.7 cm³/mol.